The molecule has 0 N–H and O–H groups in total. The summed E-state index contributed by atoms with van der Waals surface area (Å²) in [6.07, 6.45) is 5.19. The van der Waals surface area contributed by atoms with Crippen LogP contribution in [0.15, 0.2) is 42.5 Å². The number of nitrogens with zero attached hydrogens (tertiary/aromatic N) is 1. The highest BCUT2D eigenvalue weighted by atomic mass is 16.8. The first-order chi connectivity index (χ1) is 13.5. The lowest BCUT2D eigenvalue weighted by molar-refractivity contribution is -0.286. The number of hydroxylamine groups is 2. The normalized spacial score (nSPS) is 38.5. The van der Waals surface area contributed by atoms with Gasteiger partial charge in [-0.05, 0) is 38.8 Å². The lowest BCUT2D eigenvalue weighted by Crippen LogP contribution is -2.57. The van der Waals surface area contributed by atoms with Gasteiger partial charge in [-0.2, -0.15) is 5.06 Å². The summed E-state index contributed by atoms with van der Waals surface area (Å²) in [4.78, 5) is 18.5. The van der Waals surface area contributed by atoms with Crippen LogP contribution in [0.25, 0.3) is 0 Å². The van der Waals surface area contributed by atoms with E-state index in [2.05, 4.69) is 12.2 Å². The van der Waals surface area contributed by atoms with Crippen LogP contribution < -0.4 is 0 Å². The molecule has 6 rings (SSSR count). The molecule has 1 aliphatic carbocycles. The van der Waals surface area contributed by atoms with Gasteiger partial charge >= 0.3 is 5.97 Å². The van der Waals surface area contributed by atoms with Crippen LogP contribution in [0.4, 0.5) is 0 Å². The highest BCUT2D eigenvalue weighted by Gasteiger charge is 2.59. The highest BCUT2D eigenvalue weighted by molar-refractivity contribution is 5.89. The van der Waals surface area contributed by atoms with E-state index in [0.29, 0.717) is 5.56 Å². The summed E-state index contributed by atoms with van der Waals surface area (Å²) in [5, 5.41) is 1.98. The largest absolute Gasteiger partial charge is 0.459 e. The van der Waals surface area contributed by atoms with Crippen molar-refractivity contribution in [1.29, 1.82) is 0 Å². The van der Waals surface area contributed by atoms with E-state index in [1.54, 1.807) is 12.1 Å². The fourth-order valence-electron chi connectivity index (χ4n) is 4.43. The summed E-state index contributed by atoms with van der Waals surface area (Å²) in [5.74, 6) is -1.09. The monoisotopic (exact) mass is 387 g/mol. The van der Waals surface area contributed by atoms with Crippen LogP contribution in [0, 0.1) is 0 Å². The molecule has 1 aromatic rings. The molecule has 0 radical (unpaired) electrons. The molecule has 4 aliphatic heterocycles. The standard InChI is InChI=1S/C21H25NO6/c1-21(2)26-18-17(22-14-8-10-15(28-22)11-9-14)16(25-20(18)27-21)12-24-19(23)13-6-4-3-5-7-13/h3-8,10,14-18,20H,9,11-12H2,1-2H3. The van der Waals surface area contributed by atoms with Gasteiger partial charge in [-0.15, -0.1) is 0 Å². The zero-order valence-electron chi connectivity index (χ0n) is 16.0. The van der Waals surface area contributed by atoms with Gasteiger partial charge in [0, 0.05) is 0 Å². The van der Waals surface area contributed by atoms with Crippen molar-refractivity contribution in [3.8, 4) is 0 Å². The van der Waals surface area contributed by atoms with Crippen molar-refractivity contribution in [3.05, 3.63) is 48.0 Å². The van der Waals surface area contributed by atoms with Crippen LogP contribution in [-0.2, 0) is 23.8 Å². The van der Waals surface area contributed by atoms with Gasteiger partial charge in [-0.1, -0.05) is 30.4 Å². The highest BCUT2D eigenvalue weighted by Crippen LogP contribution is 2.42. The van der Waals surface area contributed by atoms with Crippen LogP contribution in [-0.4, -0.2) is 60.1 Å². The predicted molar refractivity (Wildman–Crippen MR) is 98.1 cm³/mol. The number of hydrogen-bond acceptors (Lipinski definition) is 7. The summed E-state index contributed by atoms with van der Waals surface area (Å²) in [6, 6.07) is 8.90. The van der Waals surface area contributed by atoms with Gasteiger partial charge in [-0.25, -0.2) is 4.79 Å². The second-order valence-corrected chi connectivity index (χ2v) is 8.13. The van der Waals surface area contributed by atoms with E-state index in [9.17, 15) is 4.79 Å². The number of esters is 1. The Labute approximate surface area is 164 Å². The molecule has 6 unspecified atom stereocenters. The Bertz CT molecular complexity index is 765. The zero-order chi connectivity index (χ0) is 19.3. The van der Waals surface area contributed by atoms with Gasteiger partial charge in [-0.3, -0.25) is 4.84 Å². The maximum absolute atomic E-state index is 12.4. The van der Waals surface area contributed by atoms with Gasteiger partial charge in [0.1, 0.15) is 18.8 Å². The van der Waals surface area contributed by atoms with Crippen molar-refractivity contribution >= 4 is 5.97 Å². The van der Waals surface area contributed by atoms with E-state index in [-0.39, 0.29) is 36.9 Å². The Morgan fingerprint density at radius 2 is 2.00 bits per heavy atom. The SMILES string of the molecule is CC1(C)OC2OC(COC(=O)c3ccccc3)C(N3OC4C=CC3CC4)C2O1. The minimum Gasteiger partial charge on any atom is -0.459 e. The maximum atomic E-state index is 12.4. The molecule has 28 heavy (non-hydrogen) atoms. The third-order valence-electron chi connectivity index (χ3n) is 5.68. The first-order valence-corrected chi connectivity index (χ1v) is 9.87. The van der Waals surface area contributed by atoms with Crippen LogP contribution in [0.5, 0.6) is 0 Å². The number of rotatable bonds is 4. The molecule has 3 fully saturated rings. The summed E-state index contributed by atoms with van der Waals surface area (Å²) in [6.45, 7) is 3.86. The van der Waals surface area contributed by atoms with Crippen LogP contribution in [0.2, 0.25) is 0 Å². The molecule has 0 aromatic heterocycles. The number of fused-ring (bicyclic) bond motifs is 3. The van der Waals surface area contributed by atoms with Crippen LogP contribution in [0.3, 0.4) is 0 Å². The molecule has 0 amide bonds. The second kappa shape index (κ2) is 6.93. The summed E-state index contributed by atoms with van der Waals surface area (Å²) >= 11 is 0. The quantitative estimate of drug-likeness (QED) is 0.581. The van der Waals surface area contributed by atoms with Crippen molar-refractivity contribution < 1.29 is 28.6 Å². The van der Waals surface area contributed by atoms with Crippen molar-refractivity contribution in [2.24, 2.45) is 0 Å². The average molecular weight is 387 g/mol. The van der Waals surface area contributed by atoms with Gasteiger partial charge in [0.15, 0.2) is 12.1 Å². The van der Waals surface area contributed by atoms with E-state index in [4.69, 9.17) is 23.8 Å². The summed E-state index contributed by atoms with van der Waals surface area (Å²) in [7, 11) is 0. The number of benzene rings is 1. The fraction of sp³-hybridized carbons (Fsp3) is 0.571. The molecule has 1 aromatic carbocycles. The third-order valence-corrected chi connectivity index (χ3v) is 5.68. The van der Waals surface area contributed by atoms with E-state index < -0.39 is 18.2 Å². The first-order valence-electron chi connectivity index (χ1n) is 9.87. The van der Waals surface area contributed by atoms with Crippen molar-refractivity contribution in [2.75, 3.05) is 6.61 Å². The minimum atomic E-state index is -0.718. The Morgan fingerprint density at radius 1 is 1.18 bits per heavy atom. The topological polar surface area (TPSA) is 66.5 Å². The number of carbonyl (C=O) groups excluding carboxylic acids is 1. The smallest absolute Gasteiger partial charge is 0.338 e. The molecule has 2 bridgehead atoms. The maximum Gasteiger partial charge on any atom is 0.338 e. The third kappa shape index (κ3) is 3.27. The number of ether oxygens (including phenoxy) is 4. The number of carbonyl (C=O) groups is 1. The Balaban J connectivity index is 1.33. The summed E-state index contributed by atoms with van der Waals surface area (Å²) in [5.41, 5.74) is 0.516. The molecule has 0 saturated carbocycles. The molecule has 150 valence electrons. The number of hydrogen-bond donors (Lipinski definition) is 0. The molecule has 5 aliphatic rings. The van der Waals surface area contributed by atoms with Gasteiger partial charge in [0.25, 0.3) is 0 Å². The average Bonchev–Trinajstić information content (AvgIpc) is 3.18. The zero-order valence-corrected chi connectivity index (χ0v) is 16.0. The molecule has 4 heterocycles. The van der Waals surface area contributed by atoms with E-state index in [0.717, 1.165) is 12.8 Å². The Hall–Kier alpha value is -1.77. The molecule has 0 spiro atoms. The molecule has 3 saturated heterocycles. The van der Waals surface area contributed by atoms with Crippen LogP contribution in [0.1, 0.15) is 37.0 Å². The van der Waals surface area contributed by atoms with E-state index >= 15 is 0 Å². The van der Waals surface area contributed by atoms with Crippen LogP contribution >= 0.6 is 0 Å². The lowest BCUT2D eigenvalue weighted by Gasteiger charge is -2.45. The first kappa shape index (κ1) is 18.3. The fourth-order valence-corrected chi connectivity index (χ4v) is 4.43. The van der Waals surface area contributed by atoms with Crippen molar-refractivity contribution in [2.45, 2.75) is 69.2 Å². The molecular weight excluding hydrogens is 362 g/mol. The molecule has 7 nitrogen and oxygen atoms in total. The molecule has 6 atom stereocenters. The van der Waals surface area contributed by atoms with Gasteiger partial charge in [0.2, 0.25) is 0 Å². The van der Waals surface area contributed by atoms with Crippen molar-refractivity contribution in [1.82, 2.24) is 5.06 Å². The predicted octanol–water partition coefficient (Wildman–Crippen LogP) is 2.42. The van der Waals surface area contributed by atoms with Gasteiger partial charge in [0.05, 0.1) is 23.8 Å². The summed E-state index contributed by atoms with van der Waals surface area (Å²) < 4.78 is 23.7. The lowest BCUT2D eigenvalue weighted by atomic mass is 9.95. The Morgan fingerprint density at radius 3 is 2.68 bits per heavy atom. The van der Waals surface area contributed by atoms with E-state index in [1.807, 2.05) is 37.1 Å². The van der Waals surface area contributed by atoms with Crippen molar-refractivity contribution in [3.63, 3.8) is 0 Å². The second-order valence-electron chi connectivity index (χ2n) is 8.13. The van der Waals surface area contributed by atoms with E-state index in [1.165, 1.54) is 0 Å². The molecular formula is C21H25NO6. The van der Waals surface area contributed by atoms with Gasteiger partial charge < -0.3 is 18.9 Å². The molecule has 7 heteroatoms. The Kier molecular flexibility index (Phi) is 4.52. The minimum absolute atomic E-state index is 0.0758.